The van der Waals surface area contributed by atoms with Gasteiger partial charge in [-0.2, -0.15) is 0 Å². The Labute approximate surface area is 475 Å². The van der Waals surface area contributed by atoms with Gasteiger partial charge in [-0.1, -0.05) is 315 Å². The van der Waals surface area contributed by atoms with Crippen LogP contribution in [0.1, 0.15) is 0 Å². The average Bonchev–Trinajstić information content (AvgIpc) is 4.01. The predicted molar refractivity (Wildman–Crippen MR) is 345 cm³/mol. The van der Waals surface area contributed by atoms with Crippen LogP contribution in [0.4, 0.5) is 0 Å². The number of nitrogens with zero attached hydrogens (tertiary/aromatic N) is 3. The molecule has 14 rings (SSSR count). The molecule has 0 atom stereocenters. The van der Waals surface area contributed by atoms with Gasteiger partial charge in [-0.15, -0.1) is 0 Å². The van der Waals surface area contributed by atoms with Crippen molar-refractivity contribution in [3.8, 4) is 50.7 Å². The normalized spacial score (nSPS) is 11.7. The standard InChI is InChI=1S/C76H55N3Si2/c1-7-27-56(28-8-1)58-31-23-43-66(51-58)81(65-41-17-6-18-42-65,67-44-24-32-59(52-67)57-29-9-2-10-30-57)69-46-26-34-61(54-69)73-55-72(77-76(78-73)79-74-49-21-19-47-70(74)71-48-20-22-50-75(71)79)60-33-25-45-68(53-60)80(62-35-11-3-12-36-62,63-37-13-4-14-38-63)64-39-15-5-16-40-64/h1-55H. The first-order chi connectivity index (χ1) is 40.2. The molecule has 2 heterocycles. The van der Waals surface area contributed by atoms with Crippen LogP contribution in [0.15, 0.2) is 334 Å². The van der Waals surface area contributed by atoms with Gasteiger partial charge in [0, 0.05) is 21.9 Å². The van der Waals surface area contributed by atoms with Gasteiger partial charge in [0.2, 0.25) is 5.95 Å². The molecular weight excluding hydrogens is 1010 g/mol. The van der Waals surface area contributed by atoms with Gasteiger partial charge in [0.1, 0.15) is 0 Å². The van der Waals surface area contributed by atoms with Crippen molar-refractivity contribution in [3.63, 3.8) is 0 Å². The molecule has 0 aliphatic carbocycles. The summed E-state index contributed by atoms with van der Waals surface area (Å²) in [4.78, 5) is 11.4. The Bertz CT molecular complexity index is 4280. The summed E-state index contributed by atoms with van der Waals surface area (Å²) >= 11 is 0. The van der Waals surface area contributed by atoms with Gasteiger partial charge in [-0.3, -0.25) is 4.57 Å². The molecule has 0 spiro atoms. The van der Waals surface area contributed by atoms with E-state index in [0.717, 1.165) is 44.3 Å². The van der Waals surface area contributed by atoms with Crippen molar-refractivity contribution in [1.29, 1.82) is 0 Å². The molecule has 0 saturated heterocycles. The minimum atomic E-state index is -3.18. The van der Waals surface area contributed by atoms with Crippen LogP contribution in [-0.2, 0) is 0 Å². The number of hydrogen-bond acceptors (Lipinski definition) is 2. The van der Waals surface area contributed by atoms with Gasteiger partial charge in [0.05, 0.1) is 22.4 Å². The molecule has 0 amide bonds. The molecule has 3 nitrogen and oxygen atoms in total. The maximum absolute atomic E-state index is 5.71. The first-order valence-electron chi connectivity index (χ1n) is 27.8. The molecule has 0 radical (unpaired) electrons. The van der Waals surface area contributed by atoms with Crippen molar-refractivity contribution in [2.24, 2.45) is 0 Å². The summed E-state index contributed by atoms with van der Waals surface area (Å²) in [6.45, 7) is 0. The molecule has 0 unspecified atom stereocenters. The second kappa shape index (κ2) is 21.3. The molecule has 0 aliphatic heterocycles. The molecule has 0 N–H and O–H groups in total. The topological polar surface area (TPSA) is 30.7 Å². The lowest BCUT2D eigenvalue weighted by atomic mass is 10.1. The summed E-state index contributed by atoms with van der Waals surface area (Å²) in [5.41, 5.74) is 10.6. The van der Waals surface area contributed by atoms with E-state index < -0.39 is 16.1 Å². The van der Waals surface area contributed by atoms with Crippen molar-refractivity contribution in [1.82, 2.24) is 14.5 Å². The Morgan fingerprint density at radius 3 is 0.827 bits per heavy atom. The first-order valence-corrected chi connectivity index (χ1v) is 31.8. The molecule has 0 saturated carbocycles. The molecule has 382 valence electrons. The maximum atomic E-state index is 5.71. The van der Waals surface area contributed by atoms with Crippen LogP contribution in [0.5, 0.6) is 0 Å². The van der Waals surface area contributed by atoms with Crippen LogP contribution in [-0.4, -0.2) is 30.7 Å². The highest BCUT2D eigenvalue weighted by molar-refractivity contribution is 7.20. The van der Waals surface area contributed by atoms with Gasteiger partial charge < -0.3 is 0 Å². The van der Waals surface area contributed by atoms with E-state index in [1.54, 1.807) is 0 Å². The molecule has 81 heavy (non-hydrogen) atoms. The Morgan fingerprint density at radius 2 is 0.469 bits per heavy atom. The fourth-order valence-electron chi connectivity index (χ4n) is 12.7. The third-order valence-electron chi connectivity index (χ3n) is 16.3. The quantitative estimate of drug-likeness (QED) is 0.0851. The van der Waals surface area contributed by atoms with Crippen LogP contribution in [0.3, 0.4) is 0 Å². The van der Waals surface area contributed by atoms with E-state index >= 15 is 0 Å². The van der Waals surface area contributed by atoms with Gasteiger partial charge in [0.25, 0.3) is 0 Å². The number of rotatable bonds is 13. The molecule has 5 heteroatoms. The van der Waals surface area contributed by atoms with Crippen LogP contribution < -0.4 is 41.5 Å². The number of para-hydroxylation sites is 2. The van der Waals surface area contributed by atoms with E-state index in [4.69, 9.17) is 9.97 Å². The lowest BCUT2D eigenvalue weighted by molar-refractivity contribution is 0.996. The maximum Gasteiger partial charge on any atom is 0.235 e. The van der Waals surface area contributed by atoms with Crippen molar-refractivity contribution < 1.29 is 0 Å². The second-order valence-corrected chi connectivity index (χ2v) is 28.4. The minimum absolute atomic E-state index is 0.617. The highest BCUT2D eigenvalue weighted by Gasteiger charge is 2.43. The van der Waals surface area contributed by atoms with Gasteiger partial charge in [0.15, 0.2) is 16.1 Å². The molecule has 0 aliphatic rings. The van der Waals surface area contributed by atoms with Gasteiger partial charge >= 0.3 is 0 Å². The predicted octanol–water partition coefficient (Wildman–Crippen LogP) is 13.0. The lowest BCUT2D eigenvalue weighted by Gasteiger charge is -2.35. The number of aromatic nitrogens is 3. The monoisotopic (exact) mass is 1070 g/mol. The number of hydrogen-bond donors (Lipinski definition) is 0. The minimum Gasteiger partial charge on any atom is -0.278 e. The van der Waals surface area contributed by atoms with Crippen molar-refractivity contribution in [3.05, 3.63) is 334 Å². The summed E-state index contributed by atoms with van der Waals surface area (Å²) in [7, 11) is -6.08. The highest BCUT2D eigenvalue weighted by atomic mass is 28.3. The zero-order valence-electron chi connectivity index (χ0n) is 44.6. The Hall–Kier alpha value is -10.0. The van der Waals surface area contributed by atoms with E-state index in [2.05, 4.69) is 338 Å². The SMILES string of the molecule is c1ccc(-c2cccc([Si](c3ccccc3)(c3cccc(-c4ccccc4)c3)c3cccc(-c4cc(-c5cccc([Si](c6ccccc6)(c6ccccc6)c6ccccc6)c5)nc(-n5c6ccccc6c6ccccc65)n4)c3)c2)cc1. The summed E-state index contributed by atoms with van der Waals surface area (Å²) in [6, 6.07) is 123. The summed E-state index contributed by atoms with van der Waals surface area (Å²) in [5.74, 6) is 0.617. The highest BCUT2D eigenvalue weighted by Crippen LogP contribution is 2.34. The zero-order valence-corrected chi connectivity index (χ0v) is 46.6. The second-order valence-electron chi connectivity index (χ2n) is 20.8. The van der Waals surface area contributed by atoms with Gasteiger partial charge in [-0.25, -0.2) is 9.97 Å². The first kappa shape index (κ1) is 49.3. The number of benzene rings is 12. The van der Waals surface area contributed by atoms with Crippen LogP contribution in [0.2, 0.25) is 0 Å². The third-order valence-corrected chi connectivity index (χ3v) is 25.8. The van der Waals surface area contributed by atoms with Crippen LogP contribution in [0, 0.1) is 0 Å². The van der Waals surface area contributed by atoms with Crippen LogP contribution >= 0.6 is 0 Å². The molecule has 2 aromatic heterocycles. The Morgan fingerprint density at radius 1 is 0.210 bits per heavy atom. The summed E-state index contributed by atoms with van der Waals surface area (Å²) < 4.78 is 2.26. The van der Waals surface area contributed by atoms with E-state index in [1.807, 2.05) is 0 Å². The largest absolute Gasteiger partial charge is 0.278 e. The van der Waals surface area contributed by atoms with E-state index in [9.17, 15) is 0 Å². The smallest absolute Gasteiger partial charge is 0.235 e. The van der Waals surface area contributed by atoms with Crippen molar-refractivity contribution in [2.75, 3.05) is 0 Å². The zero-order chi connectivity index (χ0) is 54.0. The third kappa shape index (κ3) is 8.77. The number of fused-ring (bicyclic) bond motifs is 3. The van der Waals surface area contributed by atoms with Crippen LogP contribution in [0.25, 0.3) is 72.5 Å². The molecule has 12 aromatic carbocycles. The fraction of sp³-hybridized carbons (Fsp3) is 0. The molecule has 0 fully saturated rings. The molecule has 14 aromatic rings. The Kier molecular flexibility index (Phi) is 13.0. The van der Waals surface area contributed by atoms with E-state index in [-0.39, 0.29) is 0 Å². The molecular formula is C76H55N3Si2. The van der Waals surface area contributed by atoms with E-state index in [0.29, 0.717) is 5.95 Å². The average molecular weight is 1070 g/mol. The summed E-state index contributed by atoms with van der Waals surface area (Å²) in [5, 5.41) is 12.7. The van der Waals surface area contributed by atoms with Gasteiger partial charge in [-0.05, 0) is 81.9 Å². The summed E-state index contributed by atoms with van der Waals surface area (Å²) in [6.07, 6.45) is 0. The molecule has 0 bridgehead atoms. The Balaban J connectivity index is 1.03. The lowest BCUT2D eigenvalue weighted by Crippen LogP contribution is -2.74. The van der Waals surface area contributed by atoms with E-state index in [1.165, 1.54) is 63.7 Å². The van der Waals surface area contributed by atoms with Crippen molar-refractivity contribution in [2.45, 2.75) is 0 Å². The fourth-order valence-corrected chi connectivity index (χ4v) is 22.3. The van der Waals surface area contributed by atoms with Crippen molar-refractivity contribution >= 4 is 79.4 Å².